The maximum Gasteiger partial charge on any atom is 0.231 e. The first kappa shape index (κ1) is 18.4. The number of aryl methyl sites for hydroxylation is 1. The highest BCUT2D eigenvalue weighted by Crippen LogP contribution is 2.27. The van der Waals surface area contributed by atoms with Gasteiger partial charge in [-0.25, -0.2) is 13.4 Å². The summed E-state index contributed by atoms with van der Waals surface area (Å²) in [5, 5.41) is 6.99. The van der Waals surface area contributed by atoms with Gasteiger partial charge in [-0.1, -0.05) is 35.5 Å². The smallest absolute Gasteiger partial charge is 0.231 e. The molecule has 8 nitrogen and oxygen atoms in total. The van der Waals surface area contributed by atoms with Gasteiger partial charge in [0.1, 0.15) is 11.6 Å². The Morgan fingerprint density at radius 2 is 1.96 bits per heavy atom. The summed E-state index contributed by atoms with van der Waals surface area (Å²) in [7, 11) is -1.12. The van der Waals surface area contributed by atoms with Crippen LogP contribution in [0.3, 0.4) is 0 Å². The molecule has 1 aromatic carbocycles. The molecule has 9 heteroatoms. The van der Waals surface area contributed by atoms with Gasteiger partial charge in [-0.05, 0) is 13.3 Å². The van der Waals surface area contributed by atoms with Gasteiger partial charge >= 0.3 is 0 Å². The Labute approximate surface area is 163 Å². The molecule has 0 bridgehead atoms. The van der Waals surface area contributed by atoms with E-state index in [0.29, 0.717) is 29.8 Å². The Morgan fingerprint density at radius 1 is 1.18 bits per heavy atom. The lowest BCUT2D eigenvalue weighted by molar-refractivity contribution is 0.400. The number of hydrogen-bond donors (Lipinski definition) is 1. The predicted octanol–water partition coefficient (Wildman–Crippen LogP) is 2.81. The molecular formula is C19H21N5O3S. The first-order chi connectivity index (χ1) is 13.4. The quantitative estimate of drug-likeness (QED) is 0.699. The number of hydrogen-bond acceptors (Lipinski definition) is 8. The Morgan fingerprint density at radius 3 is 2.61 bits per heavy atom. The van der Waals surface area contributed by atoms with Gasteiger partial charge in [-0.2, -0.15) is 4.98 Å². The van der Waals surface area contributed by atoms with Gasteiger partial charge in [-0.15, -0.1) is 0 Å². The van der Waals surface area contributed by atoms with Gasteiger partial charge < -0.3 is 14.7 Å². The standard InChI is InChI=1S/C19H21N5O3S/c1-13-10-17(23-27-13)21-19-20-16(14-6-4-3-5-7-14)11-18(22-19)24(2)15-8-9-28(25,26)12-15/h3-7,10-11,15H,8-9,12H2,1-2H3,(H,20,21,22,23). The average Bonchev–Trinajstić information content (AvgIpc) is 3.26. The fourth-order valence-electron chi connectivity index (χ4n) is 3.24. The van der Waals surface area contributed by atoms with Crippen LogP contribution in [0.2, 0.25) is 0 Å². The van der Waals surface area contributed by atoms with Crippen LogP contribution >= 0.6 is 0 Å². The van der Waals surface area contributed by atoms with E-state index in [0.717, 1.165) is 11.3 Å². The molecular weight excluding hydrogens is 378 g/mol. The van der Waals surface area contributed by atoms with Crippen LogP contribution < -0.4 is 10.2 Å². The van der Waals surface area contributed by atoms with Gasteiger partial charge in [0.25, 0.3) is 0 Å². The zero-order chi connectivity index (χ0) is 19.7. The van der Waals surface area contributed by atoms with Gasteiger partial charge in [-0.3, -0.25) is 0 Å². The van der Waals surface area contributed by atoms with Crippen LogP contribution in [-0.2, 0) is 9.84 Å². The molecule has 1 aliphatic rings. The van der Waals surface area contributed by atoms with Crippen LogP contribution in [0.25, 0.3) is 11.3 Å². The molecule has 3 heterocycles. The predicted molar refractivity (Wildman–Crippen MR) is 107 cm³/mol. The summed E-state index contributed by atoms with van der Waals surface area (Å²) in [6.45, 7) is 1.80. The monoisotopic (exact) mass is 399 g/mol. The highest BCUT2D eigenvalue weighted by molar-refractivity contribution is 7.91. The van der Waals surface area contributed by atoms with E-state index in [2.05, 4.69) is 20.4 Å². The molecule has 1 atom stereocenters. The molecule has 0 aliphatic carbocycles. The van der Waals surface area contributed by atoms with Crippen molar-refractivity contribution in [2.75, 3.05) is 28.8 Å². The topological polar surface area (TPSA) is 101 Å². The molecule has 0 amide bonds. The van der Waals surface area contributed by atoms with Crippen molar-refractivity contribution >= 4 is 27.4 Å². The largest absolute Gasteiger partial charge is 0.360 e. The minimum absolute atomic E-state index is 0.106. The fourth-order valence-corrected chi connectivity index (χ4v) is 5.01. The van der Waals surface area contributed by atoms with E-state index in [1.54, 1.807) is 13.0 Å². The highest BCUT2D eigenvalue weighted by atomic mass is 32.2. The van der Waals surface area contributed by atoms with Gasteiger partial charge in [0.05, 0.1) is 17.2 Å². The molecule has 0 saturated carbocycles. The van der Waals surface area contributed by atoms with Crippen molar-refractivity contribution in [2.24, 2.45) is 0 Å². The van der Waals surface area contributed by atoms with Crippen molar-refractivity contribution in [3.63, 3.8) is 0 Å². The molecule has 0 radical (unpaired) electrons. The van der Waals surface area contributed by atoms with Gasteiger partial charge in [0, 0.05) is 30.8 Å². The van der Waals surface area contributed by atoms with E-state index < -0.39 is 9.84 Å². The first-order valence-corrected chi connectivity index (χ1v) is 10.8. The molecule has 28 heavy (non-hydrogen) atoms. The second-order valence-electron chi connectivity index (χ2n) is 6.92. The van der Waals surface area contributed by atoms with Crippen LogP contribution in [0.1, 0.15) is 12.2 Å². The normalized spacial score (nSPS) is 18.1. The van der Waals surface area contributed by atoms with Gasteiger partial charge in [0.2, 0.25) is 5.95 Å². The van der Waals surface area contributed by atoms with E-state index >= 15 is 0 Å². The molecule has 0 spiro atoms. The minimum Gasteiger partial charge on any atom is -0.360 e. The Hall–Kier alpha value is -2.94. The number of aromatic nitrogens is 3. The molecule has 4 rings (SSSR count). The van der Waals surface area contributed by atoms with Crippen LogP contribution in [0.15, 0.2) is 47.0 Å². The van der Waals surface area contributed by atoms with E-state index in [-0.39, 0.29) is 17.5 Å². The Kier molecular flexibility index (Phi) is 4.76. The third-order valence-electron chi connectivity index (χ3n) is 4.77. The third-order valence-corrected chi connectivity index (χ3v) is 6.52. The summed E-state index contributed by atoms with van der Waals surface area (Å²) < 4.78 is 28.9. The summed E-state index contributed by atoms with van der Waals surface area (Å²) in [6.07, 6.45) is 0.592. The zero-order valence-corrected chi connectivity index (χ0v) is 16.5. The molecule has 1 N–H and O–H groups in total. The van der Waals surface area contributed by atoms with E-state index in [4.69, 9.17) is 4.52 Å². The van der Waals surface area contributed by atoms with Crippen molar-refractivity contribution in [2.45, 2.75) is 19.4 Å². The number of benzene rings is 1. The molecule has 3 aromatic rings. The summed E-state index contributed by atoms with van der Waals surface area (Å²) in [5.41, 5.74) is 1.68. The number of anilines is 3. The zero-order valence-electron chi connectivity index (χ0n) is 15.7. The second kappa shape index (κ2) is 7.23. The van der Waals surface area contributed by atoms with E-state index in [9.17, 15) is 8.42 Å². The van der Waals surface area contributed by atoms with E-state index in [1.807, 2.05) is 48.3 Å². The molecule has 1 unspecified atom stereocenters. The molecule has 1 fully saturated rings. The third kappa shape index (κ3) is 3.99. The van der Waals surface area contributed by atoms with Crippen molar-refractivity contribution in [1.29, 1.82) is 0 Å². The number of nitrogens with one attached hydrogen (secondary N) is 1. The maximum atomic E-state index is 11.9. The van der Waals surface area contributed by atoms with Crippen LogP contribution in [0, 0.1) is 6.92 Å². The van der Waals surface area contributed by atoms with Crippen molar-refractivity contribution in [3.8, 4) is 11.3 Å². The Bertz CT molecular complexity index is 1080. The summed E-state index contributed by atoms with van der Waals surface area (Å²) >= 11 is 0. The molecule has 2 aromatic heterocycles. The minimum atomic E-state index is -2.99. The van der Waals surface area contributed by atoms with Crippen LogP contribution in [-0.4, -0.2) is 48.1 Å². The molecule has 146 valence electrons. The lowest BCUT2D eigenvalue weighted by Crippen LogP contribution is -2.33. The van der Waals surface area contributed by atoms with Crippen molar-refractivity contribution in [3.05, 3.63) is 48.2 Å². The maximum absolute atomic E-state index is 11.9. The lowest BCUT2D eigenvalue weighted by atomic mass is 10.1. The number of sulfone groups is 1. The van der Waals surface area contributed by atoms with Crippen molar-refractivity contribution < 1.29 is 12.9 Å². The summed E-state index contributed by atoms with van der Waals surface area (Å²) in [4.78, 5) is 11.1. The molecule has 1 saturated heterocycles. The molecule has 1 aliphatic heterocycles. The fraction of sp³-hybridized carbons (Fsp3) is 0.316. The van der Waals surface area contributed by atoms with Crippen LogP contribution in [0.4, 0.5) is 17.6 Å². The van der Waals surface area contributed by atoms with Crippen molar-refractivity contribution in [1.82, 2.24) is 15.1 Å². The summed E-state index contributed by atoms with van der Waals surface area (Å²) in [6, 6.07) is 13.3. The van der Waals surface area contributed by atoms with Crippen LogP contribution in [0.5, 0.6) is 0 Å². The first-order valence-electron chi connectivity index (χ1n) is 8.98. The number of nitrogens with zero attached hydrogens (tertiary/aromatic N) is 4. The highest BCUT2D eigenvalue weighted by Gasteiger charge is 2.31. The lowest BCUT2D eigenvalue weighted by Gasteiger charge is -2.25. The average molecular weight is 399 g/mol. The Balaban J connectivity index is 1.71. The SMILES string of the molecule is Cc1cc(Nc2nc(-c3ccccc3)cc(N(C)C3CCS(=O)(=O)C3)n2)no1. The number of rotatable bonds is 5. The van der Waals surface area contributed by atoms with E-state index in [1.165, 1.54) is 0 Å². The van der Waals surface area contributed by atoms with Gasteiger partial charge in [0.15, 0.2) is 15.7 Å². The second-order valence-corrected chi connectivity index (χ2v) is 9.15. The summed E-state index contributed by atoms with van der Waals surface area (Å²) in [5.74, 6) is 2.56.